The summed E-state index contributed by atoms with van der Waals surface area (Å²) in [6, 6.07) is 0. The fourth-order valence-electron chi connectivity index (χ4n) is 7.46. The van der Waals surface area contributed by atoms with Gasteiger partial charge in [-0.2, -0.15) is 0 Å². The van der Waals surface area contributed by atoms with Crippen molar-refractivity contribution in [1.82, 2.24) is 0 Å². The average molecular weight is 453 g/mol. The molecule has 3 saturated carbocycles. The van der Waals surface area contributed by atoms with Crippen molar-refractivity contribution >= 4 is 17.7 Å². The maximum Gasteiger partial charge on any atom is 0.300 e. The zero-order valence-corrected chi connectivity index (χ0v) is 20.0. The standard InChI is InChI=1S/C21H32O3.2C2H4O2/c1-12-8-14-10-15(23)9-13(2)21(14,11-22)17-6-7-20(3)16(19(12)17)4-5-18(20)24;2*1-2(3)4/h10,12-13,16-19,22,24H,4-9,11H2,1-3H3;2*1H3,(H,3,4)/t12-,13+,16+,17+,18+,19+,20+,21+;;/m1../s1. The summed E-state index contributed by atoms with van der Waals surface area (Å²) >= 11 is 0. The minimum Gasteiger partial charge on any atom is -0.481 e. The summed E-state index contributed by atoms with van der Waals surface area (Å²) in [5, 5.41) is 35.9. The maximum atomic E-state index is 12.1. The van der Waals surface area contributed by atoms with Crippen LogP contribution in [0.5, 0.6) is 0 Å². The molecule has 3 fully saturated rings. The molecule has 0 radical (unpaired) electrons. The second-order valence-corrected chi connectivity index (χ2v) is 10.6. The molecule has 0 aromatic carbocycles. The number of ketones is 1. The van der Waals surface area contributed by atoms with Gasteiger partial charge >= 0.3 is 0 Å². The molecule has 7 heteroatoms. The highest BCUT2D eigenvalue weighted by molar-refractivity contribution is 5.92. The van der Waals surface area contributed by atoms with Crippen molar-refractivity contribution in [3.8, 4) is 0 Å². The highest BCUT2D eigenvalue weighted by Crippen LogP contribution is 2.67. The molecule has 4 rings (SSSR count). The summed E-state index contributed by atoms with van der Waals surface area (Å²) in [6.45, 7) is 9.14. The largest absolute Gasteiger partial charge is 0.481 e. The molecule has 0 amide bonds. The van der Waals surface area contributed by atoms with E-state index in [4.69, 9.17) is 19.8 Å². The van der Waals surface area contributed by atoms with Gasteiger partial charge in [-0.1, -0.05) is 26.3 Å². The summed E-state index contributed by atoms with van der Waals surface area (Å²) in [7, 11) is 0. The highest BCUT2D eigenvalue weighted by Gasteiger charge is 2.62. The molecule has 0 unspecified atom stereocenters. The van der Waals surface area contributed by atoms with Crippen molar-refractivity contribution in [2.45, 2.75) is 79.2 Å². The molecule has 0 spiro atoms. The highest BCUT2D eigenvalue weighted by atomic mass is 16.4. The van der Waals surface area contributed by atoms with E-state index in [0.717, 1.165) is 46.0 Å². The van der Waals surface area contributed by atoms with Gasteiger partial charge in [0.05, 0.1) is 12.7 Å². The molecule has 0 aliphatic heterocycles. The summed E-state index contributed by atoms with van der Waals surface area (Å²) in [4.78, 5) is 30.1. The van der Waals surface area contributed by atoms with Crippen molar-refractivity contribution in [2.75, 3.05) is 6.61 Å². The van der Waals surface area contributed by atoms with Crippen molar-refractivity contribution < 1.29 is 34.8 Å². The van der Waals surface area contributed by atoms with Crippen molar-refractivity contribution in [2.24, 2.45) is 40.4 Å². The fraction of sp³-hybridized carbons (Fsp3) is 0.800. The Balaban J connectivity index is 0.000000395. The molecule has 4 N–H and O–H groups in total. The van der Waals surface area contributed by atoms with Crippen LogP contribution in [0.3, 0.4) is 0 Å². The summed E-state index contributed by atoms with van der Waals surface area (Å²) in [5.41, 5.74) is 1.09. The number of aliphatic hydroxyl groups excluding tert-OH is 2. The maximum absolute atomic E-state index is 12.1. The van der Waals surface area contributed by atoms with E-state index in [-0.39, 0.29) is 35.2 Å². The number of carboxylic acid groups (broad SMARTS) is 2. The van der Waals surface area contributed by atoms with Gasteiger partial charge in [-0.25, -0.2) is 0 Å². The number of hydrogen-bond donors (Lipinski definition) is 4. The number of aliphatic hydroxyl groups is 2. The molecule has 8 atom stereocenters. The van der Waals surface area contributed by atoms with Crippen LogP contribution >= 0.6 is 0 Å². The Kier molecular flexibility index (Phi) is 8.32. The molecule has 0 saturated heterocycles. The Hall–Kier alpha value is -1.73. The van der Waals surface area contributed by atoms with Crippen LogP contribution in [0.25, 0.3) is 0 Å². The van der Waals surface area contributed by atoms with Crippen molar-refractivity contribution in [3.63, 3.8) is 0 Å². The average Bonchev–Trinajstić information content (AvgIpc) is 2.95. The molecule has 4 aliphatic rings. The molecular formula is C25H40O7. The first-order valence-corrected chi connectivity index (χ1v) is 11.7. The topological polar surface area (TPSA) is 132 Å². The molecule has 0 aromatic rings. The smallest absolute Gasteiger partial charge is 0.300 e. The molecule has 7 nitrogen and oxygen atoms in total. The van der Waals surface area contributed by atoms with E-state index in [9.17, 15) is 15.0 Å². The molecule has 0 heterocycles. The number of hydrogen-bond acceptors (Lipinski definition) is 5. The van der Waals surface area contributed by atoms with E-state index in [0.29, 0.717) is 30.1 Å². The third-order valence-corrected chi connectivity index (χ3v) is 8.72. The van der Waals surface area contributed by atoms with Gasteiger partial charge in [0.1, 0.15) is 0 Å². The van der Waals surface area contributed by atoms with Gasteiger partial charge < -0.3 is 20.4 Å². The van der Waals surface area contributed by atoms with Gasteiger partial charge in [0.2, 0.25) is 0 Å². The van der Waals surface area contributed by atoms with Crippen LogP contribution in [-0.2, 0) is 14.4 Å². The summed E-state index contributed by atoms with van der Waals surface area (Å²) < 4.78 is 0. The van der Waals surface area contributed by atoms with E-state index in [1.165, 1.54) is 5.57 Å². The first-order valence-electron chi connectivity index (χ1n) is 11.7. The lowest BCUT2D eigenvalue weighted by Crippen LogP contribution is -2.58. The van der Waals surface area contributed by atoms with Crippen molar-refractivity contribution in [1.29, 1.82) is 0 Å². The number of fused-ring (bicyclic) bond motifs is 5. The quantitative estimate of drug-likeness (QED) is 0.478. The van der Waals surface area contributed by atoms with Crippen LogP contribution in [0.15, 0.2) is 11.6 Å². The van der Waals surface area contributed by atoms with E-state index in [1.54, 1.807) is 0 Å². The van der Waals surface area contributed by atoms with Crippen LogP contribution < -0.4 is 0 Å². The third kappa shape index (κ3) is 4.79. The van der Waals surface area contributed by atoms with Crippen LogP contribution in [-0.4, -0.2) is 50.9 Å². The summed E-state index contributed by atoms with van der Waals surface area (Å²) in [5.74, 6) is 0.935. The van der Waals surface area contributed by atoms with Gasteiger partial charge in [-0.05, 0) is 73.2 Å². The van der Waals surface area contributed by atoms with Crippen LogP contribution in [0.1, 0.15) is 73.1 Å². The minimum absolute atomic E-state index is 0.0566. The predicted molar refractivity (Wildman–Crippen MR) is 120 cm³/mol. The molecule has 0 bridgehead atoms. The Bertz CT molecular complexity index is 739. The number of carbonyl (C=O) groups excluding carboxylic acids is 1. The van der Waals surface area contributed by atoms with Crippen LogP contribution in [0.4, 0.5) is 0 Å². The monoisotopic (exact) mass is 452 g/mol. The Morgan fingerprint density at radius 3 is 2.12 bits per heavy atom. The predicted octanol–water partition coefficient (Wildman–Crippen LogP) is 3.53. The van der Waals surface area contributed by atoms with Gasteiger partial charge in [0.15, 0.2) is 5.78 Å². The normalized spacial score (nSPS) is 42.0. The van der Waals surface area contributed by atoms with Gasteiger partial charge in [0.25, 0.3) is 11.9 Å². The Morgan fingerprint density at radius 1 is 1.03 bits per heavy atom. The number of rotatable bonds is 1. The lowest BCUT2D eigenvalue weighted by Gasteiger charge is -2.62. The number of carbonyl (C=O) groups is 3. The number of carboxylic acids is 2. The second-order valence-electron chi connectivity index (χ2n) is 10.6. The van der Waals surface area contributed by atoms with Crippen molar-refractivity contribution in [3.05, 3.63) is 11.6 Å². The van der Waals surface area contributed by atoms with E-state index < -0.39 is 11.9 Å². The van der Waals surface area contributed by atoms with Gasteiger partial charge in [0, 0.05) is 25.7 Å². The zero-order valence-electron chi connectivity index (χ0n) is 20.0. The van der Waals surface area contributed by atoms with Gasteiger partial charge in [-0.3, -0.25) is 14.4 Å². The molecule has 4 aliphatic carbocycles. The fourth-order valence-corrected chi connectivity index (χ4v) is 7.46. The third-order valence-electron chi connectivity index (χ3n) is 8.72. The van der Waals surface area contributed by atoms with Crippen LogP contribution in [0.2, 0.25) is 0 Å². The molecule has 182 valence electrons. The first kappa shape index (κ1) is 26.5. The molecule has 0 aromatic heterocycles. The lowest BCUT2D eigenvalue weighted by molar-refractivity contribution is -0.135. The number of aliphatic carboxylic acids is 2. The van der Waals surface area contributed by atoms with Crippen LogP contribution in [0, 0.1) is 40.4 Å². The molecular weight excluding hydrogens is 412 g/mol. The summed E-state index contributed by atoms with van der Waals surface area (Å²) in [6.07, 6.45) is 7.42. The van der Waals surface area contributed by atoms with E-state index >= 15 is 0 Å². The second kappa shape index (κ2) is 10.0. The Morgan fingerprint density at radius 2 is 1.59 bits per heavy atom. The minimum atomic E-state index is -0.833. The first-order chi connectivity index (χ1) is 14.8. The Labute approximate surface area is 190 Å². The molecule has 32 heavy (non-hydrogen) atoms. The van der Waals surface area contributed by atoms with Gasteiger partial charge in [-0.15, -0.1) is 0 Å². The zero-order chi connectivity index (χ0) is 24.4. The van der Waals surface area contributed by atoms with E-state index in [1.807, 2.05) is 6.08 Å². The van der Waals surface area contributed by atoms with E-state index in [2.05, 4.69) is 20.8 Å². The SMILES string of the molecule is CC(=O)O.CC(=O)O.C[C@@H]1CC2=CC(=O)C[C@H](C)[C@]2(CO)[C@H]2CC[C@]3(C)[C@@H](O)CC[C@H]3[C@H]12. The lowest BCUT2D eigenvalue weighted by atomic mass is 9.43.